The van der Waals surface area contributed by atoms with Crippen molar-refractivity contribution in [2.75, 3.05) is 40.1 Å². The zero-order valence-electron chi connectivity index (χ0n) is 28.0. The predicted molar refractivity (Wildman–Crippen MR) is 160 cm³/mol. The van der Waals surface area contributed by atoms with E-state index in [0.717, 1.165) is 12.8 Å². The Hall–Kier alpha value is -3.00. The number of rotatable bonds is 14. The highest BCUT2D eigenvalue weighted by Crippen LogP contribution is 2.46. The van der Waals surface area contributed by atoms with E-state index in [2.05, 4.69) is 52.2 Å². The summed E-state index contributed by atoms with van der Waals surface area (Å²) in [5.41, 5.74) is -0.672. The zero-order chi connectivity index (χ0) is 33.2. The summed E-state index contributed by atoms with van der Waals surface area (Å²) in [4.78, 5) is 30.9. The molecule has 1 heterocycles. The van der Waals surface area contributed by atoms with Gasteiger partial charge in [-0.1, -0.05) is 55.4 Å². The van der Waals surface area contributed by atoms with Crippen LogP contribution in [0.4, 0.5) is 9.59 Å². The van der Waals surface area contributed by atoms with E-state index in [1.807, 2.05) is 13.8 Å². The van der Waals surface area contributed by atoms with Gasteiger partial charge in [-0.3, -0.25) is 0 Å². The fourth-order valence-corrected chi connectivity index (χ4v) is 6.51. The average Bonchev–Trinajstić information content (AvgIpc) is 3.32. The Bertz CT molecular complexity index is 1030. The molecule has 5 atom stereocenters. The molecule has 4 unspecified atom stereocenters. The Balaban J connectivity index is 1.84. The van der Waals surface area contributed by atoms with Gasteiger partial charge in [-0.2, -0.15) is 10.5 Å². The van der Waals surface area contributed by atoms with Crippen LogP contribution in [0.15, 0.2) is 0 Å². The summed E-state index contributed by atoms with van der Waals surface area (Å²) in [7, 11) is 1.50. The maximum absolute atomic E-state index is 12.7. The van der Waals surface area contributed by atoms with Gasteiger partial charge in [-0.15, -0.1) is 5.06 Å². The molecule has 0 aromatic carbocycles. The van der Waals surface area contributed by atoms with Crippen LogP contribution in [-0.4, -0.2) is 81.7 Å². The summed E-state index contributed by atoms with van der Waals surface area (Å²) in [5, 5.41) is 25.1. The van der Waals surface area contributed by atoms with Gasteiger partial charge >= 0.3 is 12.2 Å². The molecule has 2 fully saturated rings. The SMILES string of the molecule is COCC(OC(=O)NCC(C)(C)CC(CC(C)(C)C)OC#N)[C@@H]1CN(OC(=O)NCC2(C)CC(OC#N)CC(C)(C)C2)CO1. The zero-order valence-corrected chi connectivity index (χ0v) is 28.0. The number of hydroxylamine groups is 2. The molecule has 0 aromatic heterocycles. The topological polar surface area (TPSA) is 164 Å². The lowest BCUT2D eigenvalue weighted by molar-refractivity contribution is -0.109. The highest BCUT2D eigenvalue weighted by Gasteiger charge is 2.43. The molecule has 1 saturated carbocycles. The molecule has 2 amide bonds. The first-order valence-corrected chi connectivity index (χ1v) is 15.2. The van der Waals surface area contributed by atoms with Gasteiger partial charge in [-0.05, 0) is 53.8 Å². The Morgan fingerprint density at radius 2 is 1.75 bits per heavy atom. The van der Waals surface area contributed by atoms with Crippen LogP contribution in [0, 0.1) is 44.7 Å². The molecule has 0 radical (unpaired) electrons. The molecule has 1 aliphatic heterocycles. The van der Waals surface area contributed by atoms with E-state index in [1.54, 1.807) is 12.5 Å². The molecule has 2 N–H and O–H groups in total. The second kappa shape index (κ2) is 15.8. The van der Waals surface area contributed by atoms with E-state index in [9.17, 15) is 9.59 Å². The van der Waals surface area contributed by atoms with Crippen LogP contribution in [0.3, 0.4) is 0 Å². The van der Waals surface area contributed by atoms with E-state index in [1.165, 1.54) is 12.2 Å². The van der Waals surface area contributed by atoms with Gasteiger partial charge < -0.3 is 39.2 Å². The fourth-order valence-electron chi connectivity index (χ4n) is 6.51. The Labute approximate surface area is 262 Å². The van der Waals surface area contributed by atoms with Crippen LogP contribution < -0.4 is 10.6 Å². The number of carbonyl (C=O) groups excluding carboxylic acids is 2. The number of hydrogen-bond donors (Lipinski definition) is 2. The molecule has 250 valence electrons. The molecule has 13 heteroatoms. The first-order chi connectivity index (χ1) is 20.4. The van der Waals surface area contributed by atoms with Crippen LogP contribution in [-0.2, 0) is 28.5 Å². The number of amides is 2. The number of ether oxygens (including phenoxy) is 5. The molecule has 1 saturated heterocycles. The van der Waals surface area contributed by atoms with Gasteiger partial charge in [0, 0.05) is 20.2 Å². The van der Waals surface area contributed by atoms with Crippen LogP contribution in [0.1, 0.15) is 87.5 Å². The van der Waals surface area contributed by atoms with Crippen LogP contribution in [0.5, 0.6) is 0 Å². The van der Waals surface area contributed by atoms with E-state index in [4.69, 9.17) is 39.0 Å². The second-order valence-corrected chi connectivity index (χ2v) is 15.3. The van der Waals surface area contributed by atoms with Gasteiger partial charge in [-0.25, -0.2) is 9.59 Å². The normalized spacial score (nSPS) is 25.1. The smallest absolute Gasteiger partial charge is 0.426 e. The quantitative estimate of drug-likeness (QED) is 0.255. The Morgan fingerprint density at radius 1 is 1.05 bits per heavy atom. The van der Waals surface area contributed by atoms with Gasteiger partial charge in [0.05, 0.1) is 13.2 Å². The van der Waals surface area contributed by atoms with Crippen LogP contribution >= 0.6 is 0 Å². The minimum absolute atomic E-state index is 0.00670. The first-order valence-electron chi connectivity index (χ1n) is 15.2. The lowest BCUT2D eigenvalue weighted by atomic mass is 9.63. The van der Waals surface area contributed by atoms with Crippen molar-refractivity contribution in [3.05, 3.63) is 0 Å². The molecular weight excluding hydrogens is 570 g/mol. The highest BCUT2D eigenvalue weighted by molar-refractivity contribution is 5.67. The Morgan fingerprint density at radius 3 is 2.36 bits per heavy atom. The van der Waals surface area contributed by atoms with Crippen molar-refractivity contribution < 1.29 is 38.1 Å². The second-order valence-electron chi connectivity index (χ2n) is 15.3. The number of hydrogen-bond acceptors (Lipinski definition) is 11. The average molecular weight is 624 g/mol. The van der Waals surface area contributed by atoms with Crippen molar-refractivity contribution >= 4 is 12.2 Å². The van der Waals surface area contributed by atoms with E-state index >= 15 is 0 Å². The summed E-state index contributed by atoms with van der Waals surface area (Å²) in [6, 6.07) is 0. The number of carbonyl (C=O) groups is 2. The molecule has 0 bridgehead atoms. The monoisotopic (exact) mass is 623 g/mol. The fraction of sp³-hybridized carbons (Fsp3) is 0.871. The number of nitrogens with zero attached hydrogens (tertiary/aromatic N) is 3. The van der Waals surface area contributed by atoms with Gasteiger partial charge in [0.2, 0.25) is 0 Å². The molecule has 44 heavy (non-hydrogen) atoms. The Kier molecular flexibility index (Phi) is 13.4. The minimum Gasteiger partial charge on any atom is -0.441 e. The van der Waals surface area contributed by atoms with Crippen molar-refractivity contribution in [1.82, 2.24) is 15.7 Å². The molecule has 2 aliphatic rings. The summed E-state index contributed by atoms with van der Waals surface area (Å²) < 4.78 is 27.2. The van der Waals surface area contributed by atoms with Crippen molar-refractivity contribution in [3.8, 4) is 12.5 Å². The van der Waals surface area contributed by atoms with Crippen molar-refractivity contribution in [2.24, 2.45) is 21.7 Å². The van der Waals surface area contributed by atoms with Gasteiger partial charge in [0.15, 0.2) is 6.10 Å². The molecule has 0 spiro atoms. The maximum Gasteiger partial charge on any atom is 0.426 e. The molecule has 2 rings (SSSR count). The molecule has 1 aliphatic carbocycles. The number of alkyl carbamates (subject to hydrolysis) is 1. The third-order valence-electron chi connectivity index (χ3n) is 7.87. The third kappa shape index (κ3) is 13.3. The summed E-state index contributed by atoms with van der Waals surface area (Å²) in [6.45, 7) is 17.5. The van der Waals surface area contributed by atoms with Crippen LogP contribution in [0.2, 0.25) is 0 Å². The van der Waals surface area contributed by atoms with E-state index in [0.29, 0.717) is 32.4 Å². The lowest BCUT2D eigenvalue weighted by Gasteiger charge is -2.45. The standard InChI is InChI=1S/C31H53N5O8/c1-28(2,3)10-22(40-19-32)12-30(6,7)17-34-26(37)43-25(15-39-9)24-14-36(21-42-24)44-27(38)35-18-31(8)13-23(41-20-33)11-29(4,5)16-31/h22-25H,10-18,21H2,1-9H3,(H,34,37)(H,35,38)/t22?,23?,24-,25?,31?/m0/s1. The molecule has 13 nitrogen and oxygen atoms in total. The third-order valence-corrected chi connectivity index (χ3v) is 7.87. The van der Waals surface area contributed by atoms with Crippen molar-refractivity contribution in [1.29, 1.82) is 10.5 Å². The van der Waals surface area contributed by atoms with Crippen LogP contribution in [0.25, 0.3) is 0 Å². The number of nitriles is 2. The lowest BCUT2D eigenvalue weighted by Crippen LogP contribution is -2.46. The predicted octanol–water partition coefficient (Wildman–Crippen LogP) is 4.83. The summed E-state index contributed by atoms with van der Waals surface area (Å²) in [5.74, 6) is 0. The summed E-state index contributed by atoms with van der Waals surface area (Å²) >= 11 is 0. The van der Waals surface area contributed by atoms with Gasteiger partial charge in [0.25, 0.3) is 12.5 Å². The van der Waals surface area contributed by atoms with Crippen molar-refractivity contribution in [2.45, 2.75) is 112 Å². The molecular formula is C31H53N5O8. The van der Waals surface area contributed by atoms with E-state index in [-0.39, 0.29) is 53.8 Å². The van der Waals surface area contributed by atoms with E-state index < -0.39 is 24.4 Å². The number of nitrogens with one attached hydrogen (secondary N) is 2. The number of methoxy groups -OCH3 is 1. The van der Waals surface area contributed by atoms with Crippen molar-refractivity contribution in [3.63, 3.8) is 0 Å². The highest BCUT2D eigenvalue weighted by atomic mass is 16.8. The first kappa shape index (κ1) is 37.2. The van der Waals surface area contributed by atoms with Gasteiger partial charge in [0.1, 0.15) is 25.0 Å². The minimum atomic E-state index is -0.740. The largest absolute Gasteiger partial charge is 0.441 e. The molecule has 0 aromatic rings. The maximum atomic E-state index is 12.7. The summed E-state index contributed by atoms with van der Waals surface area (Å²) in [6.07, 6.45) is 4.15.